The predicted molar refractivity (Wildman–Crippen MR) is 81.4 cm³/mol. The lowest BCUT2D eigenvalue weighted by molar-refractivity contribution is -0.140. The molecule has 0 aromatic heterocycles. The maximum absolute atomic E-state index is 13.4. The van der Waals surface area contributed by atoms with E-state index in [1.807, 2.05) is 18.7 Å². The summed E-state index contributed by atoms with van der Waals surface area (Å²) in [6.07, 6.45) is -4.66. The van der Waals surface area contributed by atoms with Crippen molar-refractivity contribution >= 4 is 23.5 Å². The molecule has 1 aromatic carbocycles. The van der Waals surface area contributed by atoms with Crippen molar-refractivity contribution in [1.29, 1.82) is 0 Å². The zero-order chi connectivity index (χ0) is 15.5. The first-order valence-corrected chi connectivity index (χ1v) is 8.93. The molecule has 0 saturated carbocycles. The molecule has 1 nitrogen and oxygen atoms in total. The number of alkyl halides is 3. The lowest BCUT2D eigenvalue weighted by Crippen LogP contribution is -2.33. The molecule has 7 heteroatoms. The topological polar surface area (TPSA) is 12.0 Å². The molecule has 0 amide bonds. The average molecular weight is 339 g/mol. The Morgan fingerprint density at radius 2 is 2.10 bits per heavy atom. The SMILES string of the molecule is CCNC(c1ccc(F)c(C(F)(F)F)c1)C1CSCCS1. The van der Waals surface area contributed by atoms with Gasteiger partial charge in [0.25, 0.3) is 0 Å². The van der Waals surface area contributed by atoms with Gasteiger partial charge >= 0.3 is 6.18 Å². The van der Waals surface area contributed by atoms with Crippen LogP contribution >= 0.6 is 23.5 Å². The number of halogens is 4. The van der Waals surface area contributed by atoms with Gasteiger partial charge in [-0.2, -0.15) is 36.7 Å². The molecule has 1 heterocycles. The van der Waals surface area contributed by atoms with E-state index in [4.69, 9.17) is 0 Å². The average Bonchev–Trinajstić information content (AvgIpc) is 2.45. The minimum absolute atomic E-state index is 0.186. The van der Waals surface area contributed by atoms with Crippen LogP contribution in [-0.4, -0.2) is 29.1 Å². The molecule has 1 saturated heterocycles. The van der Waals surface area contributed by atoms with E-state index in [9.17, 15) is 17.6 Å². The number of hydrogen-bond donors (Lipinski definition) is 1. The molecule has 1 aliphatic heterocycles. The van der Waals surface area contributed by atoms with Crippen LogP contribution in [0.4, 0.5) is 17.6 Å². The molecular formula is C14H17F4NS2. The first kappa shape index (κ1) is 17.0. The first-order chi connectivity index (χ1) is 9.93. The second-order valence-electron chi connectivity index (χ2n) is 4.76. The van der Waals surface area contributed by atoms with Crippen LogP contribution in [-0.2, 0) is 6.18 Å². The Morgan fingerprint density at radius 3 is 2.67 bits per heavy atom. The van der Waals surface area contributed by atoms with Crippen molar-refractivity contribution < 1.29 is 17.6 Å². The summed E-state index contributed by atoms with van der Waals surface area (Å²) in [4.78, 5) is 0. The molecular weight excluding hydrogens is 322 g/mol. The minimum atomic E-state index is -4.66. The molecule has 1 N–H and O–H groups in total. The Bertz CT molecular complexity index is 473. The highest BCUT2D eigenvalue weighted by molar-refractivity contribution is 8.06. The standard InChI is InChI=1S/C14H17F4NS2/c1-2-19-13(12-8-20-5-6-21-12)9-3-4-11(15)10(7-9)14(16,17)18/h3-4,7,12-13,19H,2,5-6,8H2,1H3. The maximum atomic E-state index is 13.4. The van der Waals surface area contributed by atoms with Crippen LogP contribution in [0.2, 0.25) is 0 Å². The molecule has 1 fully saturated rings. The summed E-state index contributed by atoms with van der Waals surface area (Å²) in [6, 6.07) is 3.14. The zero-order valence-corrected chi connectivity index (χ0v) is 13.2. The van der Waals surface area contributed by atoms with Crippen LogP contribution in [0.15, 0.2) is 18.2 Å². The van der Waals surface area contributed by atoms with Crippen LogP contribution in [0.5, 0.6) is 0 Å². The Labute approximate surface area is 130 Å². The van der Waals surface area contributed by atoms with Gasteiger partial charge in [-0.25, -0.2) is 4.39 Å². The predicted octanol–water partition coefficient (Wildman–Crippen LogP) is 4.34. The molecule has 1 aromatic rings. The van der Waals surface area contributed by atoms with Gasteiger partial charge in [-0.3, -0.25) is 0 Å². The second-order valence-corrected chi connectivity index (χ2v) is 7.25. The van der Waals surface area contributed by atoms with Gasteiger partial charge in [-0.1, -0.05) is 13.0 Å². The van der Waals surface area contributed by atoms with Crippen LogP contribution in [0, 0.1) is 5.82 Å². The van der Waals surface area contributed by atoms with Crippen LogP contribution in [0.1, 0.15) is 24.1 Å². The summed E-state index contributed by atoms with van der Waals surface area (Å²) in [5.74, 6) is 1.73. The fraction of sp³-hybridized carbons (Fsp3) is 0.571. The van der Waals surface area contributed by atoms with Gasteiger partial charge in [-0.05, 0) is 24.2 Å². The Morgan fingerprint density at radius 1 is 1.33 bits per heavy atom. The lowest BCUT2D eigenvalue weighted by atomic mass is 10.0. The number of nitrogens with one attached hydrogen (secondary N) is 1. The fourth-order valence-corrected chi connectivity index (χ4v) is 5.21. The third-order valence-corrected chi connectivity index (χ3v) is 6.16. The van der Waals surface area contributed by atoms with Crippen molar-refractivity contribution in [3.63, 3.8) is 0 Å². The van der Waals surface area contributed by atoms with Crippen molar-refractivity contribution in [3.05, 3.63) is 35.1 Å². The lowest BCUT2D eigenvalue weighted by Gasteiger charge is -2.31. The maximum Gasteiger partial charge on any atom is 0.419 e. The highest BCUT2D eigenvalue weighted by Crippen LogP contribution is 2.37. The third kappa shape index (κ3) is 4.29. The van der Waals surface area contributed by atoms with Gasteiger partial charge in [0, 0.05) is 28.6 Å². The van der Waals surface area contributed by atoms with Crippen molar-refractivity contribution in [2.75, 3.05) is 23.8 Å². The molecule has 118 valence electrons. The number of thioether (sulfide) groups is 2. The van der Waals surface area contributed by atoms with E-state index >= 15 is 0 Å². The van der Waals surface area contributed by atoms with Gasteiger partial charge in [0.15, 0.2) is 0 Å². The molecule has 0 spiro atoms. The highest BCUT2D eigenvalue weighted by Gasteiger charge is 2.35. The summed E-state index contributed by atoms with van der Waals surface area (Å²) >= 11 is 3.57. The minimum Gasteiger partial charge on any atom is -0.309 e. The molecule has 0 bridgehead atoms. The van der Waals surface area contributed by atoms with Gasteiger partial charge < -0.3 is 5.32 Å². The van der Waals surface area contributed by atoms with Crippen LogP contribution < -0.4 is 5.32 Å². The quantitative estimate of drug-likeness (QED) is 0.820. The molecule has 2 rings (SSSR count). The summed E-state index contributed by atoms with van der Waals surface area (Å²) in [6.45, 7) is 2.58. The van der Waals surface area contributed by atoms with E-state index in [1.165, 1.54) is 6.07 Å². The first-order valence-electron chi connectivity index (χ1n) is 6.73. The van der Waals surface area contributed by atoms with E-state index in [0.29, 0.717) is 12.1 Å². The third-order valence-electron chi connectivity index (χ3n) is 3.29. The Hall–Kier alpha value is -0.400. The molecule has 2 unspecified atom stereocenters. The summed E-state index contributed by atoms with van der Waals surface area (Å²) in [7, 11) is 0. The zero-order valence-electron chi connectivity index (χ0n) is 11.5. The van der Waals surface area contributed by atoms with Crippen LogP contribution in [0.3, 0.4) is 0 Å². The molecule has 1 aliphatic rings. The normalized spacial score (nSPS) is 21.3. The number of rotatable bonds is 4. The molecule has 2 atom stereocenters. The number of benzene rings is 1. The smallest absolute Gasteiger partial charge is 0.309 e. The molecule has 0 radical (unpaired) electrons. The Kier molecular flexibility index (Phi) is 5.85. The van der Waals surface area contributed by atoms with Crippen molar-refractivity contribution in [1.82, 2.24) is 5.32 Å². The summed E-state index contributed by atoms with van der Waals surface area (Å²) < 4.78 is 52.0. The van der Waals surface area contributed by atoms with Gasteiger partial charge in [-0.15, -0.1) is 0 Å². The van der Waals surface area contributed by atoms with Crippen molar-refractivity contribution in [2.45, 2.75) is 24.4 Å². The monoisotopic (exact) mass is 339 g/mol. The second kappa shape index (κ2) is 7.24. The van der Waals surface area contributed by atoms with E-state index in [0.717, 1.165) is 29.4 Å². The van der Waals surface area contributed by atoms with E-state index in [1.54, 1.807) is 11.8 Å². The summed E-state index contributed by atoms with van der Waals surface area (Å²) in [5, 5.41) is 3.45. The molecule has 0 aliphatic carbocycles. The summed E-state index contributed by atoms with van der Waals surface area (Å²) in [5.41, 5.74) is -0.679. The Balaban J connectivity index is 2.31. The van der Waals surface area contributed by atoms with E-state index < -0.39 is 17.6 Å². The van der Waals surface area contributed by atoms with E-state index in [-0.39, 0.29) is 11.3 Å². The van der Waals surface area contributed by atoms with Gasteiger partial charge in [0.05, 0.1) is 5.56 Å². The van der Waals surface area contributed by atoms with Crippen molar-refractivity contribution in [2.24, 2.45) is 0 Å². The van der Waals surface area contributed by atoms with Crippen molar-refractivity contribution in [3.8, 4) is 0 Å². The van der Waals surface area contributed by atoms with Gasteiger partial charge in [0.1, 0.15) is 5.82 Å². The number of hydrogen-bond acceptors (Lipinski definition) is 3. The van der Waals surface area contributed by atoms with Gasteiger partial charge in [0.2, 0.25) is 0 Å². The fourth-order valence-electron chi connectivity index (χ4n) is 2.34. The van der Waals surface area contributed by atoms with E-state index in [2.05, 4.69) is 5.32 Å². The van der Waals surface area contributed by atoms with Crippen LogP contribution in [0.25, 0.3) is 0 Å². The largest absolute Gasteiger partial charge is 0.419 e. The highest BCUT2D eigenvalue weighted by atomic mass is 32.2. The molecule has 21 heavy (non-hydrogen) atoms.